The molecule has 3 rings (SSSR count). The number of carboxylic acids is 1. The molecule has 100 valence electrons. The van der Waals surface area contributed by atoms with E-state index in [2.05, 4.69) is 9.97 Å². The summed E-state index contributed by atoms with van der Waals surface area (Å²) in [6, 6.07) is 10.7. The van der Waals surface area contributed by atoms with E-state index in [0.29, 0.717) is 5.56 Å². The molecule has 0 fully saturated rings. The van der Waals surface area contributed by atoms with Crippen LogP contribution in [0.1, 0.15) is 15.9 Å². The smallest absolute Gasteiger partial charge is 0.335 e. The summed E-state index contributed by atoms with van der Waals surface area (Å²) in [5.74, 6) is -0.138. The van der Waals surface area contributed by atoms with Crippen LogP contribution in [0.2, 0.25) is 0 Å². The van der Waals surface area contributed by atoms with Crippen molar-refractivity contribution in [3.8, 4) is 0 Å². The molecule has 0 aliphatic carbocycles. The first-order valence-electron chi connectivity index (χ1n) is 5.89. The third kappa shape index (κ3) is 2.81. The maximum atomic E-state index is 10.8. The number of fused-ring (bicyclic) bond motifs is 1. The number of nitrogens with zero attached hydrogens (tertiary/aromatic N) is 2. The molecule has 0 spiro atoms. The molecular weight excluding hydrogens is 292 g/mol. The van der Waals surface area contributed by atoms with Gasteiger partial charge in [0.1, 0.15) is 10.3 Å². The van der Waals surface area contributed by atoms with E-state index in [4.69, 9.17) is 5.11 Å². The molecule has 4 nitrogen and oxygen atoms in total. The zero-order valence-electron chi connectivity index (χ0n) is 10.3. The highest BCUT2D eigenvalue weighted by atomic mass is 32.2. The lowest BCUT2D eigenvalue weighted by Gasteiger charge is -1.99. The number of carboxylic acid groups (broad SMARTS) is 1. The SMILES string of the molecule is O=C(O)c1ccc(CSc2nc3cccnc3s2)cc1. The monoisotopic (exact) mass is 302 g/mol. The van der Waals surface area contributed by atoms with Gasteiger partial charge in [-0.1, -0.05) is 35.2 Å². The number of aromatic nitrogens is 2. The maximum Gasteiger partial charge on any atom is 0.335 e. The fourth-order valence-electron chi connectivity index (χ4n) is 1.70. The van der Waals surface area contributed by atoms with Crippen LogP contribution in [0.15, 0.2) is 46.9 Å². The van der Waals surface area contributed by atoms with Gasteiger partial charge >= 0.3 is 5.97 Å². The van der Waals surface area contributed by atoms with Gasteiger partial charge in [0, 0.05) is 11.9 Å². The predicted molar refractivity (Wildman–Crippen MR) is 80.4 cm³/mol. The number of rotatable bonds is 4. The summed E-state index contributed by atoms with van der Waals surface area (Å²) >= 11 is 3.20. The van der Waals surface area contributed by atoms with Gasteiger partial charge in [-0.05, 0) is 29.8 Å². The standard InChI is InChI=1S/C14H10N2O2S2/c17-13(18)10-5-3-9(4-6-10)8-19-14-16-11-2-1-7-15-12(11)20-14/h1-7H,8H2,(H,17,18). The fourth-order valence-corrected chi connectivity index (χ4v) is 3.64. The van der Waals surface area contributed by atoms with Crippen molar-refractivity contribution in [2.24, 2.45) is 0 Å². The van der Waals surface area contributed by atoms with Crippen LogP contribution >= 0.6 is 23.1 Å². The van der Waals surface area contributed by atoms with Crippen molar-refractivity contribution in [3.63, 3.8) is 0 Å². The molecule has 0 saturated heterocycles. The minimum Gasteiger partial charge on any atom is -0.478 e. The molecule has 0 bridgehead atoms. The third-order valence-electron chi connectivity index (χ3n) is 2.71. The Labute approximate surface area is 123 Å². The summed E-state index contributed by atoms with van der Waals surface area (Å²) < 4.78 is 0.973. The van der Waals surface area contributed by atoms with Crippen molar-refractivity contribution in [3.05, 3.63) is 53.7 Å². The highest BCUT2D eigenvalue weighted by Crippen LogP contribution is 2.30. The predicted octanol–water partition coefficient (Wildman–Crippen LogP) is 3.68. The summed E-state index contributed by atoms with van der Waals surface area (Å²) in [4.78, 5) is 20.5. The van der Waals surface area contributed by atoms with Crippen molar-refractivity contribution in [2.45, 2.75) is 10.1 Å². The maximum absolute atomic E-state index is 10.8. The number of hydrogen-bond donors (Lipinski definition) is 1. The summed E-state index contributed by atoms with van der Waals surface area (Å²) in [5, 5.41) is 8.84. The Morgan fingerprint density at radius 1 is 1.25 bits per heavy atom. The first-order valence-corrected chi connectivity index (χ1v) is 7.69. The Bertz CT molecular complexity index is 720. The van der Waals surface area contributed by atoms with Crippen molar-refractivity contribution in [1.29, 1.82) is 0 Å². The summed E-state index contributed by atoms with van der Waals surface area (Å²) in [6.45, 7) is 0. The summed E-state index contributed by atoms with van der Waals surface area (Å²) in [7, 11) is 0. The van der Waals surface area contributed by atoms with E-state index in [1.165, 1.54) is 0 Å². The summed E-state index contributed by atoms with van der Waals surface area (Å²) in [5.41, 5.74) is 2.30. The van der Waals surface area contributed by atoms with Gasteiger partial charge in [-0.3, -0.25) is 0 Å². The van der Waals surface area contributed by atoms with Gasteiger partial charge in [-0.15, -0.1) is 0 Å². The Balaban J connectivity index is 1.71. The number of aromatic carboxylic acids is 1. The molecule has 2 aromatic heterocycles. The van der Waals surface area contributed by atoms with Gasteiger partial charge in [-0.25, -0.2) is 14.8 Å². The van der Waals surface area contributed by atoms with E-state index in [1.54, 1.807) is 41.4 Å². The minimum absolute atomic E-state index is 0.308. The van der Waals surface area contributed by atoms with Gasteiger partial charge in [0.15, 0.2) is 4.34 Å². The molecule has 0 atom stereocenters. The van der Waals surface area contributed by atoms with E-state index in [1.807, 2.05) is 24.3 Å². The van der Waals surface area contributed by atoms with Crippen molar-refractivity contribution < 1.29 is 9.90 Å². The lowest BCUT2D eigenvalue weighted by molar-refractivity contribution is 0.0697. The van der Waals surface area contributed by atoms with Crippen LogP contribution in [0.3, 0.4) is 0 Å². The molecular formula is C14H10N2O2S2. The van der Waals surface area contributed by atoms with Crippen molar-refractivity contribution >= 4 is 39.4 Å². The number of hydrogen-bond acceptors (Lipinski definition) is 5. The number of pyridine rings is 1. The molecule has 20 heavy (non-hydrogen) atoms. The minimum atomic E-state index is -0.901. The lowest BCUT2D eigenvalue weighted by Crippen LogP contribution is -1.95. The van der Waals surface area contributed by atoms with E-state index < -0.39 is 5.97 Å². The van der Waals surface area contributed by atoms with Gasteiger partial charge in [0.25, 0.3) is 0 Å². The Morgan fingerprint density at radius 2 is 2.05 bits per heavy atom. The van der Waals surface area contributed by atoms with Crippen LogP contribution in [0.5, 0.6) is 0 Å². The average Bonchev–Trinajstić information content (AvgIpc) is 2.88. The van der Waals surface area contributed by atoms with Crippen LogP contribution < -0.4 is 0 Å². The molecule has 0 unspecified atom stereocenters. The van der Waals surface area contributed by atoms with Crippen LogP contribution in [0.25, 0.3) is 10.3 Å². The molecule has 0 aliphatic heterocycles. The zero-order valence-corrected chi connectivity index (χ0v) is 11.9. The first-order chi connectivity index (χ1) is 9.72. The van der Waals surface area contributed by atoms with Crippen LogP contribution in [-0.2, 0) is 5.75 Å². The second kappa shape index (κ2) is 5.60. The van der Waals surface area contributed by atoms with E-state index >= 15 is 0 Å². The molecule has 3 aromatic rings. The van der Waals surface area contributed by atoms with Crippen molar-refractivity contribution in [2.75, 3.05) is 0 Å². The van der Waals surface area contributed by atoms with Crippen LogP contribution in [-0.4, -0.2) is 21.0 Å². The number of benzene rings is 1. The molecule has 1 aromatic carbocycles. The van der Waals surface area contributed by atoms with Gasteiger partial charge in [-0.2, -0.15) is 0 Å². The number of carbonyl (C=O) groups is 1. The van der Waals surface area contributed by atoms with Gasteiger partial charge in [0.05, 0.1) is 5.56 Å². The molecule has 0 amide bonds. The van der Waals surface area contributed by atoms with E-state index in [0.717, 1.165) is 26.0 Å². The van der Waals surface area contributed by atoms with Gasteiger partial charge < -0.3 is 5.11 Å². The fraction of sp³-hybridized carbons (Fsp3) is 0.0714. The van der Waals surface area contributed by atoms with Gasteiger partial charge in [0.2, 0.25) is 0 Å². The zero-order chi connectivity index (χ0) is 13.9. The van der Waals surface area contributed by atoms with Crippen LogP contribution in [0, 0.1) is 0 Å². The highest BCUT2D eigenvalue weighted by Gasteiger charge is 2.06. The molecule has 0 aliphatic rings. The number of thioether (sulfide) groups is 1. The Hall–Kier alpha value is -1.92. The van der Waals surface area contributed by atoms with Crippen molar-refractivity contribution in [1.82, 2.24) is 9.97 Å². The quantitative estimate of drug-likeness (QED) is 0.745. The average molecular weight is 302 g/mol. The molecule has 2 heterocycles. The number of thiazole rings is 1. The molecule has 1 N–H and O–H groups in total. The summed E-state index contributed by atoms with van der Waals surface area (Å²) in [6.07, 6.45) is 1.76. The third-order valence-corrected chi connectivity index (χ3v) is 4.90. The highest BCUT2D eigenvalue weighted by molar-refractivity contribution is 8.00. The first kappa shape index (κ1) is 13.1. The largest absolute Gasteiger partial charge is 0.478 e. The van der Waals surface area contributed by atoms with E-state index in [9.17, 15) is 4.79 Å². The van der Waals surface area contributed by atoms with Crippen LogP contribution in [0.4, 0.5) is 0 Å². The van der Waals surface area contributed by atoms with E-state index in [-0.39, 0.29) is 0 Å². The second-order valence-electron chi connectivity index (χ2n) is 4.10. The molecule has 0 saturated carbocycles. The Morgan fingerprint density at radius 3 is 2.75 bits per heavy atom. The molecule has 0 radical (unpaired) electrons. The molecule has 6 heteroatoms. The normalized spacial score (nSPS) is 10.8. The lowest BCUT2D eigenvalue weighted by atomic mass is 10.1. The topological polar surface area (TPSA) is 63.1 Å². The Kier molecular flexibility index (Phi) is 3.66. The second-order valence-corrected chi connectivity index (χ2v) is 6.30.